The minimum atomic E-state index is 0.0982. The molecule has 0 rings (SSSR count). The van der Waals surface area contributed by atoms with Crippen LogP contribution in [0, 0.1) is 5.92 Å². The first-order valence-electron chi connectivity index (χ1n) is 16.9. The van der Waals surface area contributed by atoms with Gasteiger partial charge in [-0.2, -0.15) is 0 Å². The van der Waals surface area contributed by atoms with Crippen molar-refractivity contribution in [2.45, 2.75) is 201 Å². The molecular weight excluding hydrogens is 440 g/mol. The van der Waals surface area contributed by atoms with Gasteiger partial charge in [0.15, 0.2) is 0 Å². The molecule has 0 saturated heterocycles. The summed E-state index contributed by atoms with van der Waals surface area (Å²) in [4.78, 5) is 12.7. The van der Waals surface area contributed by atoms with Crippen LogP contribution in [0.2, 0.25) is 0 Å². The molecule has 0 aliphatic carbocycles. The molecule has 2 nitrogen and oxygen atoms in total. The first-order chi connectivity index (χ1) is 17.8. The van der Waals surface area contributed by atoms with E-state index in [2.05, 4.69) is 20.8 Å². The Bertz CT molecular complexity index is 419. The number of ether oxygens (including phenoxy) is 1. The summed E-state index contributed by atoms with van der Waals surface area (Å²) in [5.41, 5.74) is 0. The highest BCUT2D eigenvalue weighted by atomic mass is 16.5. The van der Waals surface area contributed by atoms with Crippen molar-refractivity contribution in [3.63, 3.8) is 0 Å². The molecule has 0 radical (unpaired) electrons. The van der Waals surface area contributed by atoms with Gasteiger partial charge < -0.3 is 4.74 Å². The topological polar surface area (TPSA) is 26.3 Å². The van der Waals surface area contributed by atoms with E-state index in [-0.39, 0.29) is 11.9 Å². The van der Waals surface area contributed by atoms with Crippen molar-refractivity contribution in [1.82, 2.24) is 0 Å². The standard InChI is InChI=1S/C34H68O2/c1-4-7-10-13-15-16-17-18-19-20-21-22-23-24-26-29-32-36-34(35)33(30-27-12-9-6-3)31-28-25-14-11-8-5-2/h33H,4-32H2,1-3H3. The lowest BCUT2D eigenvalue weighted by Gasteiger charge is -2.16. The fourth-order valence-corrected chi connectivity index (χ4v) is 5.31. The molecule has 0 fully saturated rings. The Labute approximate surface area is 228 Å². The molecule has 0 bridgehead atoms. The van der Waals surface area contributed by atoms with E-state index in [1.807, 2.05) is 0 Å². The summed E-state index contributed by atoms with van der Waals surface area (Å²) in [6.45, 7) is 7.45. The first kappa shape index (κ1) is 35.5. The number of hydrogen-bond donors (Lipinski definition) is 0. The zero-order valence-corrected chi connectivity index (χ0v) is 25.4. The minimum absolute atomic E-state index is 0.0982. The van der Waals surface area contributed by atoms with E-state index in [9.17, 15) is 4.79 Å². The molecule has 36 heavy (non-hydrogen) atoms. The van der Waals surface area contributed by atoms with Gasteiger partial charge in [-0.25, -0.2) is 0 Å². The number of esters is 1. The summed E-state index contributed by atoms with van der Waals surface area (Å²) >= 11 is 0. The predicted molar refractivity (Wildman–Crippen MR) is 161 cm³/mol. The third-order valence-electron chi connectivity index (χ3n) is 7.89. The van der Waals surface area contributed by atoms with Crippen molar-refractivity contribution >= 4 is 5.97 Å². The maximum absolute atomic E-state index is 12.7. The highest BCUT2D eigenvalue weighted by molar-refractivity contribution is 5.72. The van der Waals surface area contributed by atoms with Crippen LogP contribution in [0.15, 0.2) is 0 Å². The predicted octanol–water partition coefficient (Wildman–Crippen LogP) is 12.1. The van der Waals surface area contributed by atoms with Gasteiger partial charge in [0.25, 0.3) is 0 Å². The maximum atomic E-state index is 12.7. The molecular formula is C34H68O2. The van der Waals surface area contributed by atoms with Gasteiger partial charge in [0.05, 0.1) is 12.5 Å². The molecule has 0 heterocycles. The summed E-state index contributed by atoms with van der Waals surface area (Å²) in [6, 6.07) is 0. The molecule has 0 amide bonds. The van der Waals surface area contributed by atoms with Crippen LogP contribution in [0.1, 0.15) is 201 Å². The zero-order chi connectivity index (χ0) is 26.4. The Hall–Kier alpha value is -0.530. The quantitative estimate of drug-likeness (QED) is 0.0712. The summed E-state index contributed by atoms with van der Waals surface area (Å²) in [5.74, 6) is 0.245. The average molecular weight is 509 g/mol. The van der Waals surface area contributed by atoms with Crippen LogP contribution in [-0.4, -0.2) is 12.6 Å². The van der Waals surface area contributed by atoms with Gasteiger partial charge in [-0.1, -0.05) is 181 Å². The van der Waals surface area contributed by atoms with Gasteiger partial charge in [-0.15, -0.1) is 0 Å². The molecule has 0 aromatic carbocycles. The Morgan fingerprint density at radius 1 is 0.417 bits per heavy atom. The van der Waals surface area contributed by atoms with E-state index in [1.54, 1.807) is 0 Å². The third-order valence-corrected chi connectivity index (χ3v) is 7.89. The summed E-state index contributed by atoms with van der Waals surface area (Å²) in [7, 11) is 0. The smallest absolute Gasteiger partial charge is 0.308 e. The van der Waals surface area contributed by atoms with Gasteiger partial charge in [0.2, 0.25) is 0 Å². The van der Waals surface area contributed by atoms with Crippen molar-refractivity contribution in [2.75, 3.05) is 6.61 Å². The van der Waals surface area contributed by atoms with Crippen LogP contribution in [0.5, 0.6) is 0 Å². The van der Waals surface area contributed by atoms with Crippen molar-refractivity contribution in [2.24, 2.45) is 5.92 Å². The van der Waals surface area contributed by atoms with Crippen LogP contribution in [0.3, 0.4) is 0 Å². The molecule has 1 unspecified atom stereocenters. The van der Waals surface area contributed by atoms with Crippen LogP contribution in [-0.2, 0) is 9.53 Å². The minimum Gasteiger partial charge on any atom is -0.465 e. The Balaban J connectivity index is 3.65. The average Bonchev–Trinajstić information content (AvgIpc) is 2.89. The van der Waals surface area contributed by atoms with Gasteiger partial charge in [-0.05, 0) is 19.3 Å². The van der Waals surface area contributed by atoms with E-state index in [0.717, 1.165) is 19.3 Å². The van der Waals surface area contributed by atoms with Crippen molar-refractivity contribution in [1.29, 1.82) is 0 Å². The highest BCUT2D eigenvalue weighted by Gasteiger charge is 2.19. The second-order valence-electron chi connectivity index (χ2n) is 11.6. The van der Waals surface area contributed by atoms with E-state index < -0.39 is 0 Å². The second-order valence-corrected chi connectivity index (χ2v) is 11.6. The molecule has 0 aliphatic rings. The summed E-state index contributed by atoms with van der Waals surface area (Å²) in [6.07, 6.45) is 36.9. The molecule has 0 N–H and O–H groups in total. The Kier molecular flexibility index (Phi) is 30.2. The highest BCUT2D eigenvalue weighted by Crippen LogP contribution is 2.21. The van der Waals surface area contributed by atoms with Gasteiger partial charge in [0, 0.05) is 0 Å². The third kappa shape index (κ3) is 26.5. The van der Waals surface area contributed by atoms with Gasteiger partial charge in [0.1, 0.15) is 0 Å². The van der Waals surface area contributed by atoms with Gasteiger partial charge >= 0.3 is 5.97 Å². The van der Waals surface area contributed by atoms with E-state index >= 15 is 0 Å². The largest absolute Gasteiger partial charge is 0.465 e. The molecule has 0 aliphatic heterocycles. The van der Waals surface area contributed by atoms with Crippen molar-refractivity contribution < 1.29 is 9.53 Å². The van der Waals surface area contributed by atoms with Crippen molar-refractivity contribution in [3.05, 3.63) is 0 Å². The molecule has 1 atom stereocenters. The number of rotatable bonds is 30. The van der Waals surface area contributed by atoms with Crippen LogP contribution in [0.4, 0.5) is 0 Å². The first-order valence-corrected chi connectivity index (χ1v) is 16.9. The van der Waals surface area contributed by atoms with Crippen molar-refractivity contribution in [3.8, 4) is 0 Å². The van der Waals surface area contributed by atoms with E-state index in [1.165, 1.54) is 161 Å². The van der Waals surface area contributed by atoms with Crippen LogP contribution in [0.25, 0.3) is 0 Å². The fraction of sp³-hybridized carbons (Fsp3) is 0.971. The van der Waals surface area contributed by atoms with Gasteiger partial charge in [-0.3, -0.25) is 4.79 Å². The molecule has 2 heteroatoms. The van der Waals surface area contributed by atoms with E-state index in [4.69, 9.17) is 4.74 Å². The number of hydrogen-bond acceptors (Lipinski definition) is 2. The summed E-state index contributed by atoms with van der Waals surface area (Å²) in [5, 5.41) is 0. The lowest BCUT2D eigenvalue weighted by Crippen LogP contribution is -2.18. The molecule has 0 aromatic rings. The molecule has 0 aromatic heterocycles. The Morgan fingerprint density at radius 2 is 0.694 bits per heavy atom. The molecule has 0 saturated carbocycles. The van der Waals surface area contributed by atoms with Crippen LogP contribution < -0.4 is 0 Å². The Morgan fingerprint density at radius 3 is 1.06 bits per heavy atom. The SMILES string of the molecule is CCCCCCCCCCCCCCCCCCOC(=O)C(CCCCCC)CCCCCCCC. The van der Waals surface area contributed by atoms with Crippen LogP contribution >= 0.6 is 0 Å². The number of unbranched alkanes of at least 4 members (excludes halogenated alkanes) is 23. The fourth-order valence-electron chi connectivity index (χ4n) is 5.31. The lowest BCUT2D eigenvalue weighted by molar-refractivity contribution is -0.149. The molecule has 0 spiro atoms. The molecule has 216 valence electrons. The second kappa shape index (κ2) is 30.7. The number of carbonyl (C=O) groups excluding carboxylic acids is 1. The monoisotopic (exact) mass is 509 g/mol. The van der Waals surface area contributed by atoms with E-state index in [0.29, 0.717) is 6.61 Å². The summed E-state index contributed by atoms with van der Waals surface area (Å²) < 4.78 is 5.74. The zero-order valence-electron chi connectivity index (χ0n) is 25.4. The number of carbonyl (C=O) groups is 1. The normalized spacial score (nSPS) is 12.2. The maximum Gasteiger partial charge on any atom is 0.308 e. The lowest BCUT2D eigenvalue weighted by atomic mass is 9.94.